The van der Waals surface area contributed by atoms with Crippen LogP contribution in [0.2, 0.25) is 10.0 Å². The highest BCUT2D eigenvalue weighted by Crippen LogP contribution is 2.35. The second-order valence-corrected chi connectivity index (χ2v) is 9.13. The van der Waals surface area contributed by atoms with E-state index in [4.69, 9.17) is 28.3 Å². The summed E-state index contributed by atoms with van der Waals surface area (Å²) >= 11 is 12.4. The molecule has 0 amide bonds. The Morgan fingerprint density at radius 2 is 1.53 bits per heavy atom. The summed E-state index contributed by atoms with van der Waals surface area (Å²) in [6.07, 6.45) is 5.74. The minimum Gasteiger partial charge on any atom is -0.368 e. The predicted octanol–water partition coefficient (Wildman–Crippen LogP) is 5.77. The van der Waals surface area contributed by atoms with Crippen LogP contribution in [-0.4, -0.2) is 46.9 Å². The molecule has 2 heterocycles. The van der Waals surface area contributed by atoms with Crippen molar-refractivity contribution in [2.24, 2.45) is 0 Å². The van der Waals surface area contributed by atoms with Gasteiger partial charge in [0.1, 0.15) is 0 Å². The number of aromatic nitrogens is 2. The molecule has 0 bridgehead atoms. The van der Waals surface area contributed by atoms with Gasteiger partial charge >= 0.3 is 0 Å². The quantitative estimate of drug-likeness (QED) is 0.514. The summed E-state index contributed by atoms with van der Waals surface area (Å²) in [5.41, 5.74) is 3.29. The molecule has 3 aromatic rings. The number of hydrogen-bond donors (Lipinski definition) is 0. The van der Waals surface area contributed by atoms with Gasteiger partial charge in [0.2, 0.25) is 0 Å². The number of rotatable bonds is 4. The first-order valence-corrected chi connectivity index (χ1v) is 11.5. The third kappa shape index (κ3) is 4.09. The van der Waals surface area contributed by atoms with Crippen LogP contribution in [0.25, 0.3) is 11.3 Å². The summed E-state index contributed by atoms with van der Waals surface area (Å²) in [6, 6.07) is 19.3. The van der Waals surface area contributed by atoms with Crippen LogP contribution < -0.4 is 4.90 Å². The molecule has 0 N–H and O–H groups in total. The minimum absolute atomic E-state index is 0.484. The molecule has 0 radical (unpaired) electrons. The third-order valence-electron chi connectivity index (χ3n) is 6.52. The molecule has 0 spiro atoms. The van der Waals surface area contributed by atoms with Crippen molar-refractivity contribution in [1.29, 1.82) is 0 Å². The topological polar surface area (TPSA) is 24.3 Å². The fourth-order valence-electron chi connectivity index (χ4n) is 4.86. The van der Waals surface area contributed by atoms with E-state index in [1.807, 2.05) is 36.4 Å². The van der Waals surface area contributed by atoms with Crippen molar-refractivity contribution in [2.75, 3.05) is 31.1 Å². The Bertz CT molecular complexity index is 992. The van der Waals surface area contributed by atoms with E-state index in [-0.39, 0.29) is 0 Å². The molecule has 156 valence electrons. The molecular weight excluding hydrogens is 415 g/mol. The summed E-state index contributed by atoms with van der Waals surface area (Å²) < 4.78 is 2.17. The lowest BCUT2D eigenvalue weighted by Gasteiger charge is -2.39. The third-order valence-corrected chi connectivity index (χ3v) is 7.10. The number of halogens is 2. The molecule has 2 aliphatic rings. The van der Waals surface area contributed by atoms with E-state index in [0.717, 1.165) is 53.2 Å². The first-order valence-electron chi connectivity index (χ1n) is 10.7. The van der Waals surface area contributed by atoms with Crippen molar-refractivity contribution in [3.05, 3.63) is 70.8 Å². The van der Waals surface area contributed by atoms with Gasteiger partial charge in [0.05, 0.1) is 22.4 Å². The van der Waals surface area contributed by atoms with E-state index >= 15 is 0 Å². The smallest absolute Gasteiger partial charge is 0.0923 e. The average Bonchev–Trinajstić information content (AvgIpc) is 3.45. The van der Waals surface area contributed by atoms with E-state index in [1.165, 1.54) is 19.3 Å². The standard InChI is InChI=1S/C24H26Cl2N4/c25-19-7-5-18(6-8-19)23-11-12-30(27-23)21-10-9-20(17-21)28-13-15-29(16-14-28)24-4-2-1-3-22(24)26/h1-8,11-12,20-21H,9-10,13-17H2/t20-,21-/m0/s1. The van der Waals surface area contributed by atoms with E-state index in [2.05, 4.69) is 38.9 Å². The molecule has 1 saturated carbocycles. The van der Waals surface area contributed by atoms with Crippen LogP contribution in [0.15, 0.2) is 60.8 Å². The van der Waals surface area contributed by atoms with Gasteiger partial charge in [-0.2, -0.15) is 5.10 Å². The summed E-state index contributed by atoms with van der Waals surface area (Å²) in [5.74, 6) is 0. The van der Waals surface area contributed by atoms with Crippen molar-refractivity contribution >= 4 is 28.9 Å². The van der Waals surface area contributed by atoms with Crippen LogP contribution in [-0.2, 0) is 0 Å². The summed E-state index contributed by atoms with van der Waals surface area (Å²) in [5, 5.41) is 6.47. The highest BCUT2D eigenvalue weighted by molar-refractivity contribution is 6.33. The normalized spacial score (nSPS) is 22.5. The van der Waals surface area contributed by atoms with Crippen LogP contribution in [0.4, 0.5) is 5.69 Å². The van der Waals surface area contributed by atoms with Crippen LogP contribution >= 0.6 is 23.2 Å². The zero-order valence-corrected chi connectivity index (χ0v) is 18.4. The number of hydrogen-bond acceptors (Lipinski definition) is 3. The van der Waals surface area contributed by atoms with Gasteiger partial charge in [-0.05, 0) is 49.6 Å². The molecule has 1 aliphatic heterocycles. The number of para-hydroxylation sites is 1. The van der Waals surface area contributed by atoms with Gasteiger partial charge in [-0.25, -0.2) is 0 Å². The Morgan fingerprint density at radius 1 is 0.800 bits per heavy atom. The molecule has 1 aromatic heterocycles. The summed E-state index contributed by atoms with van der Waals surface area (Å²) in [6.45, 7) is 4.26. The van der Waals surface area contributed by atoms with Crippen LogP contribution in [0.1, 0.15) is 25.3 Å². The first-order chi connectivity index (χ1) is 14.7. The zero-order chi connectivity index (χ0) is 20.5. The second-order valence-electron chi connectivity index (χ2n) is 8.28. The molecule has 1 saturated heterocycles. The lowest BCUT2D eigenvalue weighted by molar-refractivity contribution is 0.183. The van der Waals surface area contributed by atoms with Gasteiger partial charge in [0.15, 0.2) is 0 Å². The molecule has 30 heavy (non-hydrogen) atoms. The Kier molecular flexibility index (Phi) is 5.72. The number of nitrogens with zero attached hydrogens (tertiary/aromatic N) is 4. The van der Waals surface area contributed by atoms with Crippen molar-refractivity contribution in [2.45, 2.75) is 31.3 Å². The van der Waals surface area contributed by atoms with E-state index in [9.17, 15) is 0 Å². The van der Waals surface area contributed by atoms with Gasteiger partial charge in [-0.3, -0.25) is 9.58 Å². The molecule has 2 fully saturated rings. The largest absolute Gasteiger partial charge is 0.368 e. The summed E-state index contributed by atoms with van der Waals surface area (Å²) in [7, 11) is 0. The maximum atomic E-state index is 6.39. The second kappa shape index (κ2) is 8.62. The number of benzene rings is 2. The Hall–Kier alpha value is -2.01. The summed E-state index contributed by atoms with van der Waals surface area (Å²) in [4.78, 5) is 5.08. The van der Waals surface area contributed by atoms with E-state index in [0.29, 0.717) is 12.1 Å². The number of piperazine rings is 1. The average molecular weight is 441 g/mol. The molecule has 2 atom stereocenters. The zero-order valence-electron chi connectivity index (χ0n) is 16.9. The molecular formula is C24H26Cl2N4. The molecule has 6 heteroatoms. The van der Waals surface area contributed by atoms with E-state index in [1.54, 1.807) is 0 Å². The number of anilines is 1. The van der Waals surface area contributed by atoms with Crippen LogP contribution in [0.5, 0.6) is 0 Å². The predicted molar refractivity (Wildman–Crippen MR) is 125 cm³/mol. The van der Waals surface area contributed by atoms with Gasteiger partial charge in [0, 0.05) is 49.0 Å². The molecule has 0 unspecified atom stereocenters. The van der Waals surface area contributed by atoms with Crippen LogP contribution in [0.3, 0.4) is 0 Å². The van der Waals surface area contributed by atoms with Gasteiger partial charge in [0.25, 0.3) is 0 Å². The molecule has 1 aliphatic carbocycles. The Morgan fingerprint density at radius 3 is 2.30 bits per heavy atom. The fourth-order valence-corrected chi connectivity index (χ4v) is 5.24. The van der Waals surface area contributed by atoms with Crippen molar-refractivity contribution in [3.8, 4) is 11.3 Å². The minimum atomic E-state index is 0.484. The molecule has 4 nitrogen and oxygen atoms in total. The highest BCUT2D eigenvalue weighted by Gasteiger charge is 2.32. The highest BCUT2D eigenvalue weighted by atomic mass is 35.5. The maximum absolute atomic E-state index is 6.39. The Labute approximate surface area is 188 Å². The van der Waals surface area contributed by atoms with Gasteiger partial charge in [-0.15, -0.1) is 0 Å². The van der Waals surface area contributed by atoms with Gasteiger partial charge < -0.3 is 4.90 Å². The van der Waals surface area contributed by atoms with Crippen molar-refractivity contribution in [3.63, 3.8) is 0 Å². The Balaban J connectivity index is 1.19. The van der Waals surface area contributed by atoms with Crippen molar-refractivity contribution < 1.29 is 0 Å². The van der Waals surface area contributed by atoms with Crippen molar-refractivity contribution in [1.82, 2.24) is 14.7 Å². The maximum Gasteiger partial charge on any atom is 0.0923 e. The first kappa shape index (κ1) is 19.9. The molecule has 5 rings (SSSR count). The molecule has 2 aromatic carbocycles. The van der Waals surface area contributed by atoms with Crippen LogP contribution in [0, 0.1) is 0 Å². The van der Waals surface area contributed by atoms with Gasteiger partial charge in [-0.1, -0.05) is 47.5 Å². The lowest BCUT2D eigenvalue weighted by Crippen LogP contribution is -2.49. The fraction of sp³-hybridized carbons (Fsp3) is 0.375. The van der Waals surface area contributed by atoms with E-state index < -0.39 is 0 Å². The lowest BCUT2D eigenvalue weighted by atomic mass is 10.1. The monoisotopic (exact) mass is 440 g/mol. The SMILES string of the molecule is Clc1ccc(-c2ccn([C@H]3CC[C@H](N4CCN(c5ccccc5Cl)CC4)C3)n2)cc1.